The highest BCUT2D eigenvalue weighted by atomic mass is 35.5. The molecule has 0 bridgehead atoms. The summed E-state index contributed by atoms with van der Waals surface area (Å²) in [4.78, 5) is 19.7. The number of aromatic nitrogens is 2. The van der Waals surface area contributed by atoms with Crippen molar-refractivity contribution in [3.8, 4) is 5.75 Å². The van der Waals surface area contributed by atoms with Crippen LogP contribution < -0.4 is 15.8 Å². The molecular weight excluding hydrogens is 268 g/mol. The Bertz CT molecular complexity index is 618. The lowest BCUT2D eigenvalue weighted by atomic mass is 10.1. The van der Waals surface area contributed by atoms with Crippen LogP contribution in [0, 0.1) is 0 Å². The van der Waals surface area contributed by atoms with E-state index in [1.807, 2.05) is 0 Å². The third-order valence-electron chi connectivity index (χ3n) is 2.34. The lowest BCUT2D eigenvalue weighted by molar-refractivity contribution is 0.102. The van der Waals surface area contributed by atoms with Crippen molar-refractivity contribution < 1.29 is 9.53 Å². The number of nitrogens with two attached hydrogens (primary N) is 1. The fourth-order valence-electron chi connectivity index (χ4n) is 1.49. The molecule has 1 amide bonds. The summed E-state index contributed by atoms with van der Waals surface area (Å²) in [7, 11) is 1.48. The van der Waals surface area contributed by atoms with Crippen LogP contribution >= 0.6 is 11.6 Å². The summed E-state index contributed by atoms with van der Waals surface area (Å²) < 4.78 is 5.11. The highest BCUT2D eigenvalue weighted by molar-refractivity contribution is 6.29. The van der Waals surface area contributed by atoms with Crippen LogP contribution in [0.5, 0.6) is 5.75 Å². The van der Waals surface area contributed by atoms with Gasteiger partial charge in [-0.15, -0.1) is 0 Å². The van der Waals surface area contributed by atoms with Crippen molar-refractivity contribution in [1.82, 2.24) is 9.97 Å². The predicted molar refractivity (Wildman–Crippen MR) is 72.4 cm³/mol. The SMILES string of the molecule is COc1ccc(N)cc1C(=O)Nc1cc(Cl)ncn1. The number of hydrogen-bond donors (Lipinski definition) is 2. The van der Waals surface area contributed by atoms with E-state index in [4.69, 9.17) is 22.1 Å². The number of methoxy groups -OCH3 is 1. The first-order valence-electron chi connectivity index (χ1n) is 5.32. The highest BCUT2D eigenvalue weighted by Crippen LogP contribution is 2.22. The van der Waals surface area contributed by atoms with Gasteiger partial charge < -0.3 is 15.8 Å². The van der Waals surface area contributed by atoms with E-state index in [1.165, 1.54) is 25.6 Å². The van der Waals surface area contributed by atoms with Gasteiger partial charge in [-0.05, 0) is 18.2 Å². The summed E-state index contributed by atoms with van der Waals surface area (Å²) in [5.74, 6) is 0.334. The zero-order valence-corrected chi connectivity index (χ0v) is 10.8. The van der Waals surface area contributed by atoms with Gasteiger partial charge in [-0.25, -0.2) is 9.97 Å². The second-order valence-corrected chi connectivity index (χ2v) is 4.03. The molecule has 0 unspecified atom stereocenters. The standard InChI is InChI=1S/C12H11ClN4O2/c1-19-9-3-2-7(14)4-8(9)12(18)17-11-5-10(13)15-6-16-11/h2-6H,14H2,1H3,(H,15,16,17,18). The Morgan fingerprint density at radius 1 is 1.37 bits per heavy atom. The van der Waals surface area contributed by atoms with Crippen LogP contribution in [0.3, 0.4) is 0 Å². The molecule has 2 aromatic rings. The van der Waals surface area contributed by atoms with Crippen LogP contribution in [0.1, 0.15) is 10.4 Å². The van der Waals surface area contributed by atoms with Crippen LogP contribution in [0.25, 0.3) is 0 Å². The molecule has 2 rings (SSSR count). The van der Waals surface area contributed by atoms with E-state index in [0.717, 1.165) is 0 Å². The summed E-state index contributed by atoms with van der Waals surface area (Å²) in [6, 6.07) is 6.24. The number of halogens is 1. The number of carbonyl (C=O) groups is 1. The van der Waals surface area contributed by atoms with Gasteiger partial charge in [-0.1, -0.05) is 11.6 Å². The van der Waals surface area contributed by atoms with E-state index in [1.54, 1.807) is 12.1 Å². The molecule has 0 saturated heterocycles. The molecule has 1 aromatic carbocycles. The van der Waals surface area contributed by atoms with Crippen LogP contribution in [-0.4, -0.2) is 23.0 Å². The summed E-state index contributed by atoms with van der Waals surface area (Å²) >= 11 is 5.71. The number of rotatable bonds is 3. The van der Waals surface area contributed by atoms with Gasteiger partial charge in [0.1, 0.15) is 23.0 Å². The van der Waals surface area contributed by atoms with Crippen molar-refractivity contribution in [3.63, 3.8) is 0 Å². The van der Waals surface area contributed by atoms with E-state index in [2.05, 4.69) is 15.3 Å². The van der Waals surface area contributed by atoms with E-state index in [0.29, 0.717) is 22.8 Å². The topological polar surface area (TPSA) is 90.1 Å². The van der Waals surface area contributed by atoms with Crippen LogP contribution in [0.2, 0.25) is 5.15 Å². The monoisotopic (exact) mass is 278 g/mol. The number of nitrogens with one attached hydrogen (secondary N) is 1. The largest absolute Gasteiger partial charge is 0.496 e. The zero-order valence-electron chi connectivity index (χ0n) is 10.1. The number of hydrogen-bond acceptors (Lipinski definition) is 5. The highest BCUT2D eigenvalue weighted by Gasteiger charge is 2.13. The molecule has 3 N–H and O–H groups in total. The number of nitrogen functional groups attached to an aromatic ring is 1. The minimum absolute atomic E-state index is 0.241. The molecular formula is C12H11ClN4O2. The first-order chi connectivity index (χ1) is 9.10. The average molecular weight is 279 g/mol. The summed E-state index contributed by atoms with van der Waals surface area (Å²) in [6.07, 6.45) is 1.26. The molecule has 0 aliphatic rings. The molecule has 0 fully saturated rings. The van der Waals surface area contributed by atoms with Crippen molar-refractivity contribution >= 4 is 29.0 Å². The van der Waals surface area contributed by atoms with Crippen molar-refractivity contribution in [1.29, 1.82) is 0 Å². The Kier molecular flexibility index (Phi) is 3.82. The van der Waals surface area contributed by atoms with Crippen LogP contribution in [-0.2, 0) is 0 Å². The molecule has 0 aliphatic heterocycles. The van der Waals surface area contributed by atoms with Crippen molar-refractivity contribution in [3.05, 3.63) is 41.3 Å². The fourth-order valence-corrected chi connectivity index (χ4v) is 1.64. The minimum Gasteiger partial charge on any atom is -0.496 e. The number of nitrogens with zero attached hydrogens (tertiary/aromatic N) is 2. The maximum Gasteiger partial charge on any atom is 0.260 e. The minimum atomic E-state index is -0.390. The first-order valence-corrected chi connectivity index (χ1v) is 5.70. The number of carbonyl (C=O) groups excluding carboxylic acids is 1. The van der Waals surface area contributed by atoms with Crippen molar-refractivity contribution in [2.45, 2.75) is 0 Å². The maximum atomic E-state index is 12.1. The first kappa shape index (κ1) is 13.1. The number of benzene rings is 1. The summed E-state index contributed by atoms with van der Waals surface area (Å²) in [5, 5.41) is 2.83. The molecule has 0 aliphatic carbocycles. The molecule has 0 radical (unpaired) electrons. The number of ether oxygens (including phenoxy) is 1. The van der Waals surface area contributed by atoms with Gasteiger partial charge in [0.05, 0.1) is 12.7 Å². The third kappa shape index (κ3) is 3.11. The smallest absolute Gasteiger partial charge is 0.260 e. The van der Waals surface area contributed by atoms with Crippen LogP contribution in [0.4, 0.5) is 11.5 Å². The summed E-state index contributed by atoms with van der Waals surface area (Å²) in [6.45, 7) is 0. The molecule has 19 heavy (non-hydrogen) atoms. The third-order valence-corrected chi connectivity index (χ3v) is 2.55. The molecule has 0 atom stereocenters. The fraction of sp³-hybridized carbons (Fsp3) is 0.0833. The Labute approximate surface area is 114 Å². The Morgan fingerprint density at radius 2 is 2.16 bits per heavy atom. The maximum absolute atomic E-state index is 12.1. The average Bonchev–Trinajstić information content (AvgIpc) is 2.38. The summed E-state index contributed by atoms with van der Waals surface area (Å²) in [5.41, 5.74) is 6.44. The van der Waals surface area contributed by atoms with E-state index >= 15 is 0 Å². The molecule has 1 heterocycles. The normalized spacial score (nSPS) is 10.0. The van der Waals surface area contributed by atoms with E-state index < -0.39 is 0 Å². The molecule has 0 spiro atoms. The predicted octanol–water partition coefficient (Wildman–Crippen LogP) is 1.97. The van der Waals surface area contributed by atoms with E-state index in [9.17, 15) is 4.79 Å². The Balaban J connectivity index is 2.27. The molecule has 6 nitrogen and oxygen atoms in total. The molecule has 7 heteroatoms. The number of anilines is 2. The molecule has 1 aromatic heterocycles. The quantitative estimate of drug-likeness (QED) is 0.662. The van der Waals surface area contributed by atoms with Gasteiger partial charge in [0, 0.05) is 11.8 Å². The second-order valence-electron chi connectivity index (χ2n) is 3.64. The molecule has 0 saturated carbocycles. The van der Waals surface area contributed by atoms with Gasteiger partial charge in [0.2, 0.25) is 0 Å². The Morgan fingerprint density at radius 3 is 2.84 bits per heavy atom. The lowest BCUT2D eigenvalue weighted by Gasteiger charge is -2.09. The van der Waals surface area contributed by atoms with Crippen LogP contribution in [0.15, 0.2) is 30.6 Å². The number of amides is 1. The second kappa shape index (κ2) is 5.53. The lowest BCUT2D eigenvalue weighted by Crippen LogP contribution is -2.14. The van der Waals surface area contributed by atoms with Crippen molar-refractivity contribution in [2.24, 2.45) is 0 Å². The Hall–Kier alpha value is -2.34. The van der Waals surface area contributed by atoms with Gasteiger partial charge >= 0.3 is 0 Å². The van der Waals surface area contributed by atoms with Gasteiger partial charge in [0.25, 0.3) is 5.91 Å². The van der Waals surface area contributed by atoms with Gasteiger partial charge in [-0.3, -0.25) is 4.79 Å². The molecule has 98 valence electrons. The van der Waals surface area contributed by atoms with Gasteiger partial charge in [-0.2, -0.15) is 0 Å². The van der Waals surface area contributed by atoms with E-state index in [-0.39, 0.29) is 11.1 Å². The zero-order chi connectivity index (χ0) is 13.8. The van der Waals surface area contributed by atoms with Crippen molar-refractivity contribution in [2.75, 3.05) is 18.2 Å². The van der Waals surface area contributed by atoms with Gasteiger partial charge in [0.15, 0.2) is 0 Å².